The summed E-state index contributed by atoms with van der Waals surface area (Å²) in [5, 5.41) is 2.05. The van der Waals surface area contributed by atoms with Crippen LogP contribution in [0.15, 0.2) is 34.1 Å². The van der Waals surface area contributed by atoms with Crippen molar-refractivity contribution in [3.8, 4) is 11.5 Å². The third-order valence-corrected chi connectivity index (χ3v) is 5.26. The minimum Gasteiger partial charge on any atom is -0.497 e. The van der Waals surface area contributed by atoms with Gasteiger partial charge in [0.2, 0.25) is 0 Å². The van der Waals surface area contributed by atoms with Crippen LogP contribution in [0.1, 0.15) is 29.0 Å². The highest BCUT2D eigenvalue weighted by Gasteiger charge is 2.29. The number of methoxy groups -OCH3 is 1. The second-order valence-corrected chi connectivity index (χ2v) is 6.29. The third kappa shape index (κ3) is 2.38. The predicted octanol–water partition coefficient (Wildman–Crippen LogP) is 4.04. The number of rotatable bonds is 2. The van der Waals surface area contributed by atoms with Crippen LogP contribution in [0, 0.1) is 0 Å². The molecule has 0 bridgehead atoms. The minimum absolute atomic E-state index is 0.00369. The Balaban J connectivity index is 1.96. The van der Waals surface area contributed by atoms with Gasteiger partial charge in [0.15, 0.2) is 0 Å². The highest BCUT2D eigenvalue weighted by molar-refractivity contribution is 9.10. The summed E-state index contributed by atoms with van der Waals surface area (Å²) in [6.07, 6.45) is 0.794. The SMILES string of the molecule is COc1ccc2c(c1)OC(c1sccc1Br)C[C@H]2N. The molecule has 1 aliphatic heterocycles. The molecule has 2 N–H and O–H groups in total. The maximum Gasteiger partial charge on any atom is 0.136 e. The first-order valence-electron chi connectivity index (χ1n) is 6.02. The summed E-state index contributed by atoms with van der Waals surface area (Å²) in [5.41, 5.74) is 7.30. The largest absolute Gasteiger partial charge is 0.497 e. The highest BCUT2D eigenvalue weighted by atomic mass is 79.9. The third-order valence-electron chi connectivity index (χ3n) is 3.29. The monoisotopic (exact) mass is 339 g/mol. The van der Waals surface area contributed by atoms with E-state index in [1.54, 1.807) is 18.4 Å². The molecule has 0 amide bonds. The van der Waals surface area contributed by atoms with E-state index in [1.165, 1.54) is 4.88 Å². The van der Waals surface area contributed by atoms with E-state index < -0.39 is 0 Å². The highest BCUT2D eigenvalue weighted by Crippen LogP contribution is 2.44. The van der Waals surface area contributed by atoms with Gasteiger partial charge in [-0.05, 0) is 33.4 Å². The first kappa shape index (κ1) is 13.0. The molecule has 5 heteroatoms. The molecule has 1 unspecified atom stereocenters. The van der Waals surface area contributed by atoms with E-state index >= 15 is 0 Å². The van der Waals surface area contributed by atoms with Crippen LogP contribution in [-0.4, -0.2) is 7.11 Å². The lowest BCUT2D eigenvalue weighted by Gasteiger charge is -2.30. The predicted molar refractivity (Wildman–Crippen MR) is 79.9 cm³/mol. The molecule has 100 valence electrons. The number of ether oxygens (including phenoxy) is 2. The molecular formula is C14H14BrNO2S. The van der Waals surface area contributed by atoms with E-state index in [2.05, 4.69) is 21.3 Å². The van der Waals surface area contributed by atoms with E-state index in [-0.39, 0.29) is 12.1 Å². The fraction of sp³-hybridized carbons (Fsp3) is 0.286. The number of hydrogen-bond acceptors (Lipinski definition) is 4. The van der Waals surface area contributed by atoms with E-state index in [9.17, 15) is 0 Å². The van der Waals surface area contributed by atoms with Crippen molar-refractivity contribution in [1.82, 2.24) is 0 Å². The summed E-state index contributed by atoms with van der Waals surface area (Å²) < 4.78 is 12.4. The van der Waals surface area contributed by atoms with Crippen LogP contribution in [0.25, 0.3) is 0 Å². The van der Waals surface area contributed by atoms with Crippen LogP contribution < -0.4 is 15.2 Å². The van der Waals surface area contributed by atoms with Crippen molar-refractivity contribution in [2.45, 2.75) is 18.6 Å². The molecule has 3 nitrogen and oxygen atoms in total. The number of thiophene rings is 1. The Kier molecular flexibility index (Phi) is 3.52. The quantitative estimate of drug-likeness (QED) is 0.897. The number of hydrogen-bond donors (Lipinski definition) is 1. The Morgan fingerprint density at radius 2 is 2.26 bits per heavy atom. The van der Waals surface area contributed by atoms with Crippen molar-refractivity contribution < 1.29 is 9.47 Å². The molecule has 3 rings (SSSR count). The summed E-state index contributed by atoms with van der Waals surface area (Å²) in [6.45, 7) is 0. The maximum atomic E-state index is 6.25. The molecule has 0 radical (unpaired) electrons. The molecule has 19 heavy (non-hydrogen) atoms. The van der Waals surface area contributed by atoms with Gasteiger partial charge in [-0.3, -0.25) is 0 Å². The van der Waals surface area contributed by atoms with Crippen molar-refractivity contribution in [2.24, 2.45) is 5.73 Å². The van der Waals surface area contributed by atoms with E-state index in [0.29, 0.717) is 0 Å². The van der Waals surface area contributed by atoms with Crippen LogP contribution in [0.3, 0.4) is 0 Å². The zero-order valence-corrected chi connectivity index (χ0v) is 12.8. The topological polar surface area (TPSA) is 44.5 Å². The summed E-state index contributed by atoms with van der Waals surface area (Å²) in [7, 11) is 1.65. The molecule has 1 aromatic carbocycles. The molecule has 0 fully saturated rings. The number of fused-ring (bicyclic) bond motifs is 1. The van der Waals surface area contributed by atoms with Crippen molar-refractivity contribution in [3.05, 3.63) is 44.6 Å². The standard InChI is InChI=1S/C14H14BrNO2S/c1-17-8-2-3-9-11(16)7-13(18-12(9)6-8)14-10(15)4-5-19-14/h2-6,11,13H,7,16H2,1H3/t11-,13?/m1/s1. The Labute approximate surface area is 124 Å². The number of halogens is 1. The Morgan fingerprint density at radius 1 is 1.42 bits per heavy atom. The lowest BCUT2D eigenvalue weighted by Crippen LogP contribution is -2.23. The summed E-state index contributed by atoms with van der Waals surface area (Å²) in [4.78, 5) is 1.18. The normalized spacial score (nSPS) is 21.6. The van der Waals surface area contributed by atoms with Gasteiger partial charge in [-0.15, -0.1) is 11.3 Å². The lowest BCUT2D eigenvalue weighted by atomic mass is 9.96. The van der Waals surface area contributed by atoms with Gasteiger partial charge in [0, 0.05) is 28.6 Å². The van der Waals surface area contributed by atoms with Crippen LogP contribution in [0.4, 0.5) is 0 Å². The molecule has 2 aromatic rings. The van der Waals surface area contributed by atoms with E-state index in [0.717, 1.165) is 28.0 Å². The molecule has 0 spiro atoms. The van der Waals surface area contributed by atoms with Gasteiger partial charge in [-0.2, -0.15) is 0 Å². The van der Waals surface area contributed by atoms with Crippen LogP contribution in [0.2, 0.25) is 0 Å². The van der Waals surface area contributed by atoms with Crippen LogP contribution in [-0.2, 0) is 0 Å². The first-order chi connectivity index (χ1) is 9.19. The Hall–Kier alpha value is -1.04. The van der Waals surface area contributed by atoms with Crippen molar-refractivity contribution >= 4 is 27.3 Å². The van der Waals surface area contributed by atoms with Gasteiger partial charge in [0.25, 0.3) is 0 Å². The molecule has 1 aromatic heterocycles. The van der Waals surface area contributed by atoms with Gasteiger partial charge >= 0.3 is 0 Å². The average Bonchev–Trinajstić information content (AvgIpc) is 2.84. The van der Waals surface area contributed by atoms with Gasteiger partial charge in [0.05, 0.1) is 12.0 Å². The van der Waals surface area contributed by atoms with Crippen molar-refractivity contribution in [3.63, 3.8) is 0 Å². The Bertz CT molecular complexity index is 599. The van der Waals surface area contributed by atoms with Gasteiger partial charge < -0.3 is 15.2 Å². The second kappa shape index (κ2) is 5.15. The van der Waals surface area contributed by atoms with Crippen LogP contribution >= 0.6 is 27.3 Å². The fourth-order valence-electron chi connectivity index (χ4n) is 2.30. The second-order valence-electron chi connectivity index (χ2n) is 4.49. The maximum absolute atomic E-state index is 6.25. The van der Waals surface area contributed by atoms with Gasteiger partial charge in [-0.25, -0.2) is 0 Å². The van der Waals surface area contributed by atoms with Gasteiger partial charge in [0.1, 0.15) is 17.6 Å². The number of nitrogens with two attached hydrogens (primary N) is 1. The minimum atomic E-state index is -0.00587. The molecule has 0 saturated carbocycles. The van der Waals surface area contributed by atoms with E-state index in [1.807, 2.05) is 24.3 Å². The van der Waals surface area contributed by atoms with Crippen molar-refractivity contribution in [2.75, 3.05) is 7.11 Å². The molecule has 1 aliphatic rings. The van der Waals surface area contributed by atoms with Crippen LogP contribution in [0.5, 0.6) is 11.5 Å². The molecule has 2 heterocycles. The summed E-state index contributed by atoms with van der Waals surface area (Å²) in [5.74, 6) is 1.61. The molecule has 0 aliphatic carbocycles. The van der Waals surface area contributed by atoms with E-state index in [4.69, 9.17) is 15.2 Å². The summed E-state index contributed by atoms with van der Waals surface area (Å²) >= 11 is 5.24. The lowest BCUT2D eigenvalue weighted by molar-refractivity contribution is 0.163. The zero-order valence-electron chi connectivity index (χ0n) is 10.4. The van der Waals surface area contributed by atoms with Crippen molar-refractivity contribution in [1.29, 1.82) is 0 Å². The molecule has 0 saturated heterocycles. The Morgan fingerprint density at radius 3 is 2.95 bits per heavy atom. The average molecular weight is 340 g/mol. The molecule has 2 atom stereocenters. The first-order valence-corrected chi connectivity index (χ1v) is 7.69. The molecular weight excluding hydrogens is 326 g/mol. The summed E-state index contributed by atoms with van der Waals surface area (Å²) in [6, 6.07) is 7.84. The number of benzene rings is 1. The smallest absolute Gasteiger partial charge is 0.136 e. The zero-order chi connectivity index (χ0) is 13.4. The van der Waals surface area contributed by atoms with Gasteiger partial charge in [-0.1, -0.05) is 6.07 Å². The fourth-order valence-corrected chi connectivity index (χ4v) is 3.98.